The van der Waals surface area contributed by atoms with Crippen LogP contribution in [0.3, 0.4) is 0 Å². The van der Waals surface area contributed by atoms with Crippen molar-refractivity contribution in [1.82, 2.24) is 4.90 Å². The summed E-state index contributed by atoms with van der Waals surface area (Å²) in [5.74, 6) is 0.178. The van der Waals surface area contributed by atoms with Crippen molar-refractivity contribution in [2.45, 2.75) is 39.8 Å². The van der Waals surface area contributed by atoms with Gasteiger partial charge in [0.25, 0.3) is 0 Å². The maximum atomic E-state index is 11.5. The zero-order valence-corrected chi connectivity index (χ0v) is 11.7. The molecule has 1 aliphatic heterocycles. The van der Waals surface area contributed by atoms with Crippen molar-refractivity contribution >= 4 is 11.6 Å². The number of benzene rings is 1. The van der Waals surface area contributed by atoms with Crippen LogP contribution in [0.4, 0.5) is 5.69 Å². The minimum absolute atomic E-state index is 0.178. The number of hydrogen-bond donors (Lipinski definition) is 0. The molecule has 1 amide bonds. The summed E-state index contributed by atoms with van der Waals surface area (Å²) in [6.45, 7) is 9.77. The summed E-state index contributed by atoms with van der Waals surface area (Å²) in [4.78, 5) is 15.9. The molecule has 2 rings (SSSR count). The van der Waals surface area contributed by atoms with Gasteiger partial charge in [0, 0.05) is 37.8 Å². The van der Waals surface area contributed by atoms with Gasteiger partial charge in [-0.15, -0.1) is 0 Å². The van der Waals surface area contributed by atoms with E-state index in [9.17, 15) is 4.79 Å². The number of piperazine rings is 1. The molecule has 18 heavy (non-hydrogen) atoms. The Kier molecular flexibility index (Phi) is 3.60. The Morgan fingerprint density at radius 1 is 1.22 bits per heavy atom. The second-order valence-electron chi connectivity index (χ2n) is 5.37. The maximum absolute atomic E-state index is 11.5. The number of carbonyl (C=O) groups excluding carboxylic acids is 1. The minimum atomic E-state index is 0.178. The number of amides is 1. The average molecular weight is 246 g/mol. The average Bonchev–Trinajstić information content (AvgIpc) is 2.27. The van der Waals surface area contributed by atoms with Gasteiger partial charge in [0.2, 0.25) is 5.91 Å². The predicted molar refractivity (Wildman–Crippen MR) is 74.8 cm³/mol. The number of carbonyl (C=O) groups is 1. The van der Waals surface area contributed by atoms with E-state index in [-0.39, 0.29) is 5.91 Å². The van der Waals surface area contributed by atoms with E-state index in [0.29, 0.717) is 12.1 Å². The molecule has 1 fully saturated rings. The second kappa shape index (κ2) is 5.01. The summed E-state index contributed by atoms with van der Waals surface area (Å²) in [5.41, 5.74) is 2.54. The molecule has 0 aromatic heterocycles. The monoisotopic (exact) mass is 246 g/mol. The van der Waals surface area contributed by atoms with E-state index in [1.807, 2.05) is 4.90 Å². The second-order valence-corrected chi connectivity index (χ2v) is 5.37. The number of rotatable bonds is 1. The molecule has 0 N–H and O–H groups in total. The topological polar surface area (TPSA) is 23.6 Å². The van der Waals surface area contributed by atoms with Crippen LogP contribution < -0.4 is 4.90 Å². The Morgan fingerprint density at radius 3 is 2.33 bits per heavy atom. The summed E-state index contributed by atoms with van der Waals surface area (Å²) in [6, 6.07) is 9.31. The summed E-state index contributed by atoms with van der Waals surface area (Å²) in [6.07, 6.45) is 0. The van der Waals surface area contributed by atoms with Crippen LogP contribution in [0.25, 0.3) is 0 Å². The molecule has 1 saturated heterocycles. The highest BCUT2D eigenvalue weighted by molar-refractivity contribution is 5.73. The molecule has 3 heteroatoms. The number of anilines is 1. The van der Waals surface area contributed by atoms with Crippen LogP contribution in [-0.4, -0.2) is 36.0 Å². The van der Waals surface area contributed by atoms with Crippen LogP contribution in [-0.2, 0) is 4.79 Å². The Hall–Kier alpha value is -1.51. The van der Waals surface area contributed by atoms with Crippen molar-refractivity contribution < 1.29 is 4.79 Å². The van der Waals surface area contributed by atoms with Gasteiger partial charge in [-0.2, -0.15) is 0 Å². The predicted octanol–water partition coefficient (Wildman–Crippen LogP) is 2.44. The van der Waals surface area contributed by atoms with Gasteiger partial charge in [0.05, 0.1) is 0 Å². The first-order valence-electron chi connectivity index (χ1n) is 6.59. The fourth-order valence-corrected chi connectivity index (χ4v) is 2.88. The van der Waals surface area contributed by atoms with E-state index in [1.165, 1.54) is 11.3 Å². The first-order valence-corrected chi connectivity index (χ1v) is 6.59. The first-order chi connectivity index (χ1) is 8.49. The van der Waals surface area contributed by atoms with Gasteiger partial charge in [0.1, 0.15) is 0 Å². The number of hydrogen-bond acceptors (Lipinski definition) is 2. The molecule has 3 nitrogen and oxygen atoms in total. The third kappa shape index (κ3) is 2.50. The molecule has 0 spiro atoms. The summed E-state index contributed by atoms with van der Waals surface area (Å²) in [7, 11) is 0. The highest BCUT2D eigenvalue weighted by atomic mass is 16.2. The van der Waals surface area contributed by atoms with Gasteiger partial charge in [-0.05, 0) is 38.5 Å². The molecule has 1 aromatic rings. The third-order valence-electron chi connectivity index (χ3n) is 3.66. The molecule has 0 saturated carbocycles. The molecular weight excluding hydrogens is 224 g/mol. The molecule has 1 heterocycles. The van der Waals surface area contributed by atoms with Crippen LogP contribution in [0.5, 0.6) is 0 Å². The molecule has 0 aliphatic carbocycles. The number of aryl methyl sites for hydroxylation is 1. The van der Waals surface area contributed by atoms with Crippen LogP contribution in [0.15, 0.2) is 24.3 Å². The number of nitrogens with zero attached hydrogens (tertiary/aromatic N) is 2. The molecule has 1 aromatic carbocycles. The van der Waals surface area contributed by atoms with Crippen molar-refractivity contribution in [3.05, 3.63) is 29.8 Å². The largest absolute Gasteiger partial charge is 0.363 e. The van der Waals surface area contributed by atoms with Gasteiger partial charge in [-0.25, -0.2) is 0 Å². The first kappa shape index (κ1) is 12.9. The summed E-state index contributed by atoms with van der Waals surface area (Å²) in [5, 5.41) is 0. The fourth-order valence-electron chi connectivity index (χ4n) is 2.88. The normalized spacial score (nSPS) is 24.2. The van der Waals surface area contributed by atoms with Crippen LogP contribution >= 0.6 is 0 Å². The lowest BCUT2D eigenvalue weighted by molar-refractivity contribution is -0.130. The van der Waals surface area contributed by atoms with Gasteiger partial charge < -0.3 is 9.80 Å². The van der Waals surface area contributed by atoms with Gasteiger partial charge in [0.15, 0.2) is 0 Å². The molecule has 2 atom stereocenters. The molecule has 0 radical (unpaired) electrons. The van der Waals surface area contributed by atoms with Crippen molar-refractivity contribution in [3.8, 4) is 0 Å². The van der Waals surface area contributed by atoms with E-state index in [4.69, 9.17) is 0 Å². The van der Waals surface area contributed by atoms with E-state index in [0.717, 1.165) is 13.1 Å². The quantitative estimate of drug-likeness (QED) is 0.760. The molecule has 0 bridgehead atoms. The van der Waals surface area contributed by atoms with E-state index < -0.39 is 0 Å². The third-order valence-corrected chi connectivity index (χ3v) is 3.66. The SMILES string of the molecule is CC(=O)N1C[C@@H](C)N(c2cccc(C)c2)[C@@H](C)C1. The van der Waals surface area contributed by atoms with Crippen molar-refractivity contribution in [2.24, 2.45) is 0 Å². The van der Waals surface area contributed by atoms with Gasteiger partial charge in [-0.3, -0.25) is 4.79 Å². The van der Waals surface area contributed by atoms with Crippen LogP contribution in [0.2, 0.25) is 0 Å². The van der Waals surface area contributed by atoms with Crippen LogP contribution in [0, 0.1) is 6.92 Å². The lowest BCUT2D eigenvalue weighted by Gasteiger charge is -2.45. The highest BCUT2D eigenvalue weighted by Gasteiger charge is 2.30. The smallest absolute Gasteiger partial charge is 0.219 e. The molecule has 98 valence electrons. The Bertz CT molecular complexity index is 432. The standard InChI is InChI=1S/C15H22N2O/c1-11-6-5-7-15(8-11)17-12(2)9-16(14(4)18)10-13(17)3/h5-8,12-13H,9-10H2,1-4H3/t12-,13+. The zero-order chi connectivity index (χ0) is 13.3. The van der Waals surface area contributed by atoms with E-state index in [2.05, 4.69) is 49.9 Å². The molecule has 1 aliphatic rings. The Balaban J connectivity index is 2.22. The molecule has 0 unspecified atom stereocenters. The maximum Gasteiger partial charge on any atom is 0.219 e. The minimum Gasteiger partial charge on any atom is -0.363 e. The van der Waals surface area contributed by atoms with Crippen molar-refractivity contribution in [3.63, 3.8) is 0 Å². The fraction of sp³-hybridized carbons (Fsp3) is 0.533. The zero-order valence-electron chi connectivity index (χ0n) is 11.7. The Morgan fingerprint density at radius 2 is 1.83 bits per heavy atom. The lowest BCUT2D eigenvalue weighted by atomic mass is 10.1. The lowest BCUT2D eigenvalue weighted by Crippen LogP contribution is -2.58. The van der Waals surface area contributed by atoms with Gasteiger partial charge in [-0.1, -0.05) is 12.1 Å². The highest BCUT2D eigenvalue weighted by Crippen LogP contribution is 2.25. The van der Waals surface area contributed by atoms with E-state index >= 15 is 0 Å². The Labute approximate surface area is 109 Å². The van der Waals surface area contributed by atoms with Crippen LogP contribution in [0.1, 0.15) is 26.3 Å². The van der Waals surface area contributed by atoms with Crippen molar-refractivity contribution in [1.29, 1.82) is 0 Å². The van der Waals surface area contributed by atoms with Gasteiger partial charge >= 0.3 is 0 Å². The summed E-state index contributed by atoms with van der Waals surface area (Å²) >= 11 is 0. The molecular formula is C15H22N2O. The van der Waals surface area contributed by atoms with Crippen molar-refractivity contribution in [2.75, 3.05) is 18.0 Å². The summed E-state index contributed by atoms with van der Waals surface area (Å²) < 4.78 is 0. The van der Waals surface area contributed by atoms with E-state index in [1.54, 1.807) is 6.92 Å².